The number of hydrogen-bond donors (Lipinski definition) is 1. The first kappa shape index (κ1) is 23.6. The third-order valence-corrected chi connectivity index (χ3v) is 5.79. The van der Waals surface area contributed by atoms with E-state index in [-0.39, 0.29) is 18.3 Å². The zero-order valence-electron chi connectivity index (χ0n) is 17.9. The standard InChI is InChI=1S/C21H33N3O4.ClH/c1-15-11-17(5-6-22-15)21(25)24-9-7-23(8-10-24)14-16-12-18(26-2)20(28-4)19(13-16)27-3;/h12-13,15,17,22H,5-11,14H2,1-4H3;1H/t15-,17-;/m0./s1. The SMILES string of the molecule is COc1cc(CN2CCN(C(=O)[C@H]3CCN[C@@H](C)C3)CC2)cc(OC)c1OC.Cl. The lowest BCUT2D eigenvalue weighted by Gasteiger charge is -2.38. The van der Waals surface area contributed by atoms with E-state index in [4.69, 9.17) is 14.2 Å². The van der Waals surface area contributed by atoms with Crippen LogP contribution in [0.4, 0.5) is 0 Å². The van der Waals surface area contributed by atoms with E-state index in [9.17, 15) is 4.79 Å². The van der Waals surface area contributed by atoms with Gasteiger partial charge in [-0.05, 0) is 44.0 Å². The summed E-state index contributed by atoms with van der Waals surface area (Å²) in [7, 11) is 4.87. The molecule has 2 atom stereocenters. The van der Waals surface area contributed by atoms with E-state index < -0.39 is 0 Å². The van der Waals surface area contributed by atoms with Gasteiger partial charge >= 0.3 is 0 Å². The molecule has 29 heavy (non-hydrogen) atoms. The molecule has 0 spiro atoms. The van der Waals surface area contributed by atoms with Crippen LogP contribution >= 0.6 is 12.4 Å². The molecule has 1 aromatic carbocycles. The van der Waals surface area contributed by atoms with Gasteiger partial charge in [-0.1, -0.05) is 0 Å². The second kappa shape index (κ2) is 10.9. The molecule has 1 N–H and O–H groups in total. The highest BCUT2D eigenvalue weighted by atomic mass is 35.5. The van der Waals surface area contributed by atoms with Crippen molar-refractivity contribution in [3.8, 4) is 17.2 Å². The van der Waals surface area contributed by atoms with Crippen LogP contribution in [0.25, 0.3) is 0 Å². The molecular formula is C21H34ClN3O4. The summed E-state index contributed by atoms with van der Waals surface area (Å²) in [6.45, 7) is 7.24. The third-order valence-electron chi connectivity index (χ3n) is 5.79. The number of halogens is 1. The van der Waals surface area contributed by atoms with Crippen molar-refractivity contribution in [2.45, 2.75) is 32.4 Å². The molecule has 1 aromatic rings. The third kappa shape index (κ3) is 5.68. The number of amides is 1. The first-order chi connectivity index (χ1) is 13.5. The second-order valence-corrected chi connectivity index (χ2v) is 7.71. The van der Waals surface area contributed by atoms with Crippen molar-refractivity contribution in [2.24, 2.45) is 5.92 Å². The number of benzene rings is 1. The number of carbonyl (C=O) groups is 1. The van der Waals surface area contributed by atoms with Gasteiger partial charge in [0.15, 0.2) is 11.5 Å². The molecule has 0 saturated carbocycles. The maximum absolute atomic E-state index is 12.8. The van der Waals surface area contributed by atoms with Crippen LogP contribution in [0.2, 0.25) is 0 Å². The molecule has 2 aliphatic heterocycles. The highest BCUT2D eigenvalue weighted by molar-refractivity contribution is 5.85. The largest absolute Gasteiger partial charge is 0.493 e. The fourth-order valence-corrected chi connectivity index (χ4v) is 4.23. The molecule has 0 aliphatic carbocycles. The van der Waals surface area contributed by atoms with Gasteiger partial charge in [0.05, 0.1) is 21.3 Å². The summed E-state index contributed by atoms with van der Waals surface area (Å²) >= 11 is 0. The normalized spacial score (nSPS) is 22.6. The van der Waals surface area contributed by atoms with Crippen molar-refractivity contribution >= 4 is 18.3 Å². The molecular weight excluding hydrogens is 394 g/mol. The summed E-state index contributed by atoms with van der Waals surface area (Å²) in [4.78, 5) is 17.3. The zero-order chi connectivity index (χ0) is 20.1. The van der Waals surface area contributed by atoms with E-state index in [0.717, 1.165) is 57.7 Å². The lowest BCUT2D eigenvalue weighted by Crippen LogP contribution is -2.51. The van der Waals surface area contributed by atoms with Crippen molar-refractivity contribution in [1.82, 2.24) is 15.1 Å². The van der Waals surface area contributed by atoms with Crippen LogP contribution < -0.4 is 19.5 Å². The van der Waals surface area contributed by atoms with E-state index in [2.05, 4.69) is 17.1 Å². The van der Waals surface area contributed by atoms with Crippen molar-refractivity contribution < 1.29 is 19.0 Å². The Bertz CT molecular complexity index is 655. The molecule has 0 radical (unpaired) electrons. The van der Waals surface area contributed by atoms with Crippen LogP contribution in [-0.2, 0) is 11.3 Å². The minimum Gasteiger partial charge on any atom is -0.493 e. The molecule has 7 nitrogen and oxygen atoms in total. The molecule has 2 fully saturated rings. The van der Waals surface area contributed by atoms with Gasteiger partial charge in [0.1, 0.15) is 0 Å². The van der Waals surface area contributed by atoms with Crippen molar-refractivity contribution in [1.29, 1.82) is 0 Å². The van der Waals surface area contributed by atoms with Gasteiger partial charge in [-0.2, -0.15) is 0 Å². The summed E-state index contributed by atoms with van der Waals surface area (Å²) in [5.41, 5.74) is 1.11. The monoisotopic (exact) mass is 427 g/mol. The fourth-order valence-electron chi connectivity index (χ4n) is 4.23. The van der Waals surface area contributed by atoms with E-state index in [1.54, 1.807) is 21.3 Å². The molecule has 2 aliphatic rings. The second-order valence-electron chi connectivity index (χ2n) is 7.71. The number of nitrogens with one attached hydrogen (secondary N) is 1. The Hall–Kier alpha value is -1.70. The fraction of sp³-hybridized carbons (Fsp3) is 0.667. The average Bonchev–Trinajstić information content (AvgIpc) is 2.73. The number of methoxy groups -OCH3 is 3. The molecule has 8 heteroatoms. The van der Waals surface area contributed by atoms with Gasteiger partial charge in [-0.25, -0.2) is 0 Å². The number of carbonyl (C=O) groups excluding carboxylic acids is 1. The molecule has 2 saturated heterocycles. The number of ether oxygens (including phenoxy) is 3. The van der Waals surface area contributed by atoms with Gasteiger partial charge in [0.25, 0.3) is 0 Å². The number of rotatable bonds is 6. The van der Waals surface area contributed by atoms with Gasteiger partial charge in [0, 0.05) is 44.7 Å². The number of hydrogen-bond acceptors (Lipinski definition) is 6. The van der Waals surface area contributed by atoms with Crippen molar-refractivity contribution in [3.05, 3.63) is 17.7 Å². The topological polar surface area (TPSA) is 63.3 Å². The predicted octanol–water partition coefficient (Wildman–Crippen LogP) is 2.17. The maximum atomic E-state index is 12.8. The summed E-state index contributed by atoms with van der Waals surface area (Å²) in [6, 6.07) is 4.42. The predicted molar refractivity (Wildman–Crippen MR) is 115 cm³/mol. The first-order valence-corrected chi connectivity index (χ1v) is 10.1. The van der Waals surface area contributed by atoms with Gasteiger partial charge < -0.3 is 24.4 Å². The van der Waals surface area contributed by atoms with E-state index >= 15 is 0 Å². The smallest absolute Gasteiger partial charge is 0.225 e. The van der Waals surface area contributed by atoms with E-state index in [1.165, 1.54) is 0 Å². The van der Waals surface area contributed by atoms with Crippen LogP contribution in [0, 0.1) is 5.92 Å². The van der Waals surface area contributed by atoms with Crippen LogP contribution in [0.15, 0.2) is 12.1 Å². The molecule has 1 amide bonds. The Balaban J connectivity index is 0.00000300. The lowest BCUT2D eigenvalue weighted by molar-refractivity contribution is -0.138. The molecule has 0 unspecified atom stereocenters. The van der Waals surface area contributed by atoms with E-state index in [0.29, 0.717) is 29.2 Å². The molecule has 164 valence electrons. The molecule has 0 aromatic heterocycles. The van der Waals surface area contributed by atoms with Gasteiger partial charge in [-0.3, -0.25) is 9.69 Å². The quantitative estimate of drug-likeness (QED) is 0.750. The summed E-state index contributed by atoms with van der Waals surface area (Å²) in [5, 5.41) is 3.42. The Labute approximate surface area is 180 Å². The van der Waals surface area contributed by atoms with E-state index in [1.807, 2.05) is 17.0 Å². The van der Waals surface area contributed by atoms with Crippen molar-refractivity contribution in [3.63, 3.8) is 0 Å². The molecule has 3 rings (SSSR count). The summed E-state index contributed by atoms with van der Waals surface area (Å²) in [5.74, 6) is 2.47. The van der Waals surface area contributed by atoms with Crippen LogP contribution in [-0.4, -0.2) is 75.8 Å². The molecule has 2 heterocycles. The van der Waals surface area contributed by atoms with Crippen molar-refractivity contribution in [2.75, 3.05) is 54.1 Å². The number of nitrogens with zero attached hydrogens (tertiary/aromatic N) is 2. The highest BCUT2D eigenvalue weighted by Crippen LogP contribution is 2.38. The summed E-state index contributed by atoms with van der Waals surface area (Å²) in [6.07, 6.45) is 1.90. The van der Waals surface area contributed by atoms with Gasteiger partial charge in [0.2, 0.25) is 11.7 Å². The number of piperazine rings is 1. The zero-order valence-corrected chi connectivity index (χ0v) is 18.7. The Morgan fingerprint density at radius 3 is 2.21 bits per heavy atom. The average molecular weight is 428 g/mol. The van der Waals surface area contributed by atoms with Crippen LogP contribution in [0.1, 0.15) is 25.3 Å². The summed E-state index contributed by atoms with van der Waals surface area (Å²) < 4.78 is 16.3. The molecule has 0 bridgehead atoms. The Kier molecular flexibility index (Phi) is 8.86. The Morgan fingerprint density at radius 1 is 1.07 bits per heavy atom. The highest BCUT2D eigenvalue weighted by Gasteiger charge is 2.30. The van der Waals surface area contributed by atoms with Gasteiger partial charge in [-0.15, -0.1) is 12.4 Å². The number of piperidine rings is 1. The lowest BCUT2D eigenvalue weighted by atomic mass is 9.92. The van der Waals surface area contributed by atoms with Crippen LogP contribution in [0.3, 0.4) is 0 Å². The minimum absolute atomic E-state index is 0. The van der Waals surface area contributed by atoms with Crippen LogP contribution in [0.5, 0.6) is 17.2 Å². The maximum Gasteiger partial charge on any atom is 0.225 e. The first-order valence-electron chi connectivity index (χ1n) is 10.1. The Morgan fingerprint density at radius 2 is 1.69 bits per heavy atom. The minimum atomic E-state index is 0.